The molecule has 0 fully saturated rings. The third-order valence-electron chi connectivity index (χ3n) is 3.09. The molecular formula is C15H19N5O3. The Balaban J connectivity index is 1.94. The first-order valence-corrected chi connectivity index (χ1v) is 7.04. The van der Waals surface area contributed by atoms with Crippen LogP contribution in [0.2, 0.25) is 0 Å². The number of nitrogens with one attached hydrogen (secondary N) is 2. The molecule has 1 aromatic heterocycles. The highest BCUT2D eigenvalue weighted by molar-refractivity contribution is 5.99. The molecule has 1 aromatic carbocycles. The van der Waals surface area contributed by atoms with Crippen molar-refractivity contribution in [1.82, 2.24) is 15.0 Å². The van der Waals surface area contributed by atoms with Crippen LogP contribution < -0.4 is 10.6 Å². The van der Waals surface area contributed by atoms with Gasteiger partial charge in [0.05, 0.1) is 6.20 Å². The molecular weight excluding hydrogens is 298 g/mol. The number of carboxylic acid groups (broad SMARTS) is 1. The SMILES string of the molecule is CC(C)(C)c1ccc(NC(=O)Nc2cn(CC(=O)O)nn2)cc1. The van der Waals surface area contributed by atoms with Gasteiger partial charge in [-0.2, -0.15) is 0 Å². The number of carbonyl (C=O) groups excluding carboxylic acids is 1. The number of urea groups is 1. The van der Waals surface area contributed by atoms with Gasteiger partial charge in [-0.3, -0.25) is 10.1 Å². The first-order valence-electron chi connectivity index (χ1n) is 7.04. The van der Waals surface area contributed by atoms with Crippen molar-refractivity contribution < 1.29 is 14.7 Å². The van der Waals surface area contributed by atoms with Crippen LogP contribution in [0.15, 0.2) is 30.5 Å². The van der Waals surface area contributed by atoms with Crippen LogP contribution in [-0.4, -0.2) is 32.1 Å². The highest BCUT2D eigenvalue weighted by Crippen LogP contribution is 2.23. The first-order chi connectivity index (χ1) is 10.7. The van der Waals surface area contributed by atoms with Gasteiger partial charge in [0.1, 0.15) is 6.54 Å². The van der Waals surface area contributed by atoms with Crippen LogP contribution in [0.4, 0.5) is 16.3 Å². The van der Waals surface area contributed by atoms with Crippen LogP contribution >= 0.6 is 0 Å². The molecule has 2 aromatic rings. The molecule has 0 radical (unpaired) electrons. The van der Waals surface area contributed by atoms with E-state index >= 15 is 0 Å². The van der Waals surface area contributed by atoms with Gasteiger partial charge in [-0.1, -0.05) is 38.1 Å². The van der Waals surface area contributed by atoms with Crippen molar-refractivity contribution in [3.8, 4) is 0 Å². The van der Waals surface area contributed by atoms with Gasteiger partial charge in [0, 0.05) is 5.69 Å². The molecule has 2 amide bonds. The Hall–Kier alpha value is -2.90. The number of hydrogen-bond donors (Lipinski definition) is 3. The lowest BCUT2D eigenvalue weighted by Gasteiger charge is -2.19. The normalized spacial score (nSPS) is 11.1. The maximum absolute atomic E-state index is 11.9. The number of hydrogen-bond acceptors (Lipinski definition) is 4. The maximum Gasteiger partial charge on any atom is 0.325 e. The Bertz CT molecular complexity index is 701. The van der Waals surface area contributed by atoms with Gasteiger partial charge in [0.15, 0.2) is 5.82 Å². The van der Waals surface area contributed by atoms with Crippen LogP contribution in [0.5, 0.6) is 0 Å². The van der Waals surface area contributed by atoms with E-state index in [4.69, 9.17) is 5.11 Å². The van der Waals surface area contributed by atoms with Gasteiger partial charge in [-0.15, -0.1) is 5.10 Å². The van der Waals surface area contributed by atoms with E-state index in [1.807, 2.05) is 24.3 Å². The van der Waals surface area contributed by atoms with Gasteiger partial charge in [0.2, 0.25) is 0 Å². The average molecular weight is 317 g/mol. The lowest BCUT2D eigenvalue weighted by Crippen LogP contribution is -2.20. The van der Waals surface area contributed by atoms with E-state index in [1.54, 1.807) is 0 Å². The lowest BCUT2D eigenvalue weighted by atomic mass is 9.87. The Labute approximate surface area is 133 Å². The van der Waals surface area contributed by atoms with Crippen molar-refractivity contribution in [2.45, 2.75) is 32.7 Å². The highest BCUT2D eigenvalue weighted by atomic mass is 16.4. The van der Waals surface area contributed by atoms with Crippen molar-refractivity contribution in [2.75, 3.05) is 10.6 Å². The van der Waals surface area contributed by atoms with E-state index in [9.17, 15) is 9.59 Å². The van der Waals surface area contributed by atoms with Gasteiger partial charge in [-0.05, 0) is 23.1 Å². The predicted molar refractivity (Wildman–Crippen MR) is 85.4 cm³/mol. The van der Waals surface area contributed by atoms with E-state index in [0.29, 0.717) is 5.69 Å². The molecule has 0 saturated carbocycles. The van der Waals surface area contributed by atoms with E-state index in [0.717, 1.165) is 4.68 Å². The van der Waals surface area contributed by atoms with Crippen molar-refractivity contribution in [3.63, 3.8) is 0 Å². The minimum absolute atomic E-state index is 0.0451. The number of amides is 2. The second kappa shape index (κ2) is 6.47. The van der Waals surface area contributed by atoms with Crippen LogP contribution in [0, 0.1) is 0 Å². The summed E-state index contributed by atoms with van der Waals surface area (Å²) in [6.45, 7) is 6.03. The quantitative estimate of drug-likeness (QED) is 0.801. The van der Waals surface area contributed by atoms with Gasteiger partial charge >= 0.3 is 12.0 Å². The van der Waals surface area contributed by atoms with Crippen molar-refractivity contribution in [2.24, 2.45) is 0 Å². The number of benzene rings is 1. The second-order valence-electron chi connectivity index (χ2n) is 6.10. The van der Waals surface area contributed by atoms with Gasteiger partial charge < -0.3 is 10.4 Å². The minimum Gasteiger partial charge on any atom is -0.480 e. The van der Waals surface area contributed by atoms with E-state index in [-0.39, 0.29) is 17.8 Å². The third-order valence-corrected chi connectivity index (χ3v) is 3.09. The second-order valence-corrected chi connectivity index (χ2v) is 6.10. The number of anilines is 2. The van der Waals surface area contributed by atoms with Crippen LogP contribution in [0.3, 0.4) is 0 Å². The highest BCUT2D eigenvalue weighted by Gasteiger charge is 2.13. The number of nitrogens with zero attached hydrogens (tertiary/aromatic N) is 3. The zero-order valence-electron chi connectivity index (χ0n) is 13.2. The molecule has 3 N–H and O–H groups in total. The number of aliphatic carboxylic acids is 1. The fraction of sp³-hybridized carbons (Fsp3) is 0.333. The molecule has 0 unspecified atom stereocenters. The summed E-state index contributed by atoms with van der Waals surface area (Å²) in [4.78, 5) is 22.4. The molecule has 122 valence electrons. The number of aromatic nitrogens is 3. The molecule has 0 spiro atoms. The molecule has 1 heterocycles. The molecule has 0 atom stereocenters. The van der Waals surface area contributed by atoms with Gasteiger partial charge in [-0.25, -0.2) is 9.48 Å². The van der Waals surface area contributed by atoms with E-state index in [2.05, 4.69) is 41.7 Å². The summed E-state index contributed by atoms with van der Waals surface area (Å²) in [5.41, 5.74) is 1.86. The average Bonchev–Trinajstić information content (AvgIpc) is 2.84. The summed E-state index contributed by atoms with van der Waals surface area (Å²) >= 11 is 0. The van der Waals surface area contributed by atoms with Gasteiger partial charge in [0.25, 0.3) is 0 Å². The molecule has 0 aliphatic carbocycles. The van der Waals surface area contributed by atoms with E-state index < -0.39 is 12.0 Å². The fourth-order valence-corrected chi connectivity index (χ4v) is 1.90. The summed E-state index contributed by atoms with van der Waals surface area (Å²) < 4.78 is 1.12. The monoisotopic (exact) mass is 317 g/mol. The number of carbonyl (C=O) groups is 2. The smallest absolute Gasteiger partial charge is 0.325 e. The molecule has 23 heavy (non-hydrogen) atoms. The first kappa shape index (κ1) is 16.5. The third kappa shape index (κ3) is 4.80. The molecule has 8 nitrogen and oxygen atoms in total. The zero-order chi connectivity index (χ0) is 17.0. The molecule has 0 aliphatic rings. The topological polar surface area (TPSA) is 109 Å². The molecule has 0 aliphatic heterocycles. The van der Waals surface area contributed by atoms with Crippen LogP contribution in [0.1, 0.15) is 26.3 Å². The Morgan fingerprint density at radius 2 is 1.83 bits per heavy atom. The fourth-order valence-electron chi connectivity index (χ4n) is 1.90. The standard InChI is InChI=1S/C15H19N5O3/c1-15(2,3)10-4-6-11(7-5-10)16-14(23)17-12-8-20(19-18-12)9-13(21)22/h4-8H,9H2,1-3H3,(H,21,22)(H2,16,17,23). The minimum atomic E-state index is -1.04. The molecule has 2 rings (SSSR count). The zero-order valence-corrected chi connectivity index (χ0v) is 13.2. The summed E-state index contributed by atoms with van der Waals surface area (Å²) in [5.74, 6) is -0.861. The largest absolute Gasteiger partial charge is 0.480 e. The Morgan fingerprint density at radius 1 is 1.17 bits per heavy atom. The van der Waals surface area contributed by atoms with E-state index in [1.165, 1.54) is 11.8 Å². The number of rotatable bonds is 4. The summed E-state index contributed by atoms with van der Waals surface area (Å²) in [7, 11) is 0. The van der Waals surface area contributed by atoms with Crippen molar-refractivity contribution >= 4 is 23.5 Å². The molecule has 8 heteroatoms. The van der Waals surface area contributed by atoms with Crippen LogP contribution in [-0.2, 0) is 16.8 Å². The van der Waals surface area contributed by atoms with Crippen molar-refractivity contribution in [3.05, 3.63) is 36.0 Å². The molecule has 0 saturated heterocycles. The predicted octanol–water partition coefficient (Wildman–Crippen LogP) is 2.30. The lowest BCUT2D eigenvalue weighted by molar-refractivity contribution is -0.137. The maximum atomic E-state index is 11.9. The number of carboxylic acids is 1. The summed E-state index contributed by atoms with van der Waals surface area (Å²) in [5, 5.41) is 21.1. The Morgan fingerprint density at radius 3 is 2.39 bits per heavy atom. The van der Waals surface area contributed by atoms with Crippen molar-refractivity contribution in [1.29, 1.82) is 0 Å². The molecule has 0 bridgehead atoms. The summed E-state index contributed by atoms with van der Waals surface area (Å²) in [6.07, 6.45) is 1.34. The summed E-state index contributed by atoms with van der Waals surface area (Å²) in [6, 6.07) is 7.08. The van der Waals surface area contributed by atoms with Crippen LogP contribution in [0.25, 0.3) is 0 Å². The Kier molecular flexibility index (Phi) is 4.63.